The Morgan fingerprint density at radius 3 is 3.38 bits per heavy atom. The second-order valence-corrected chi connectivity index (χ2v) is 3.14. The fourth-order valence-corrected chi connectivity index (χ4v) is 1.78. The summed E-state index contributed by atoms with van der Waals surface area (Å²) < 4.78 is 5.44. The Labute approximate surface area is 75.7 Å². The molecule has 3 heterocycles. The van der Waals surface area contributed by atoms with Gasteiger partial charge in [0.2, 0.25) is 5.88 Å². The van der Waals surface area contributed by atoms with E-state index in [1.54, 1.807) is 0 Å². The average Bonchev–Trinajstić information content (AvgIpc) is 2.19. The van der Waals surface area contributed by atoms with E-state index in [4.69, 9.17) is 4.74 Å². The first-order chi connectivity index (χ1) is 6.45. The SMILES string of the molecule is c1nc2c3c(n1)OCCN3CCN2. The lowest BCUT2D eigenvalue weighted by Gasteiger charge is -2.34. The van der Waals surface area contributed by atoms with Crippen molar-refractivity contribution in [3.63, 3.8) is 0 Å². The summed E-state index contributed by atoms with van der Waals surface area (Å²) in [4.78, 5) is 10.5. The Bertz CT molecular complexity index is 313. The van der Waals surface area contributed by atoms with Crippen LogP contribution < -0.4 is 15.0 Å². The minimum atomic E-state index is 0.712. The summed E-state index contributed by atoms with van der Waals surface area (Å²) in [6.07, 6.45) is 1.54. The summed E-state index contributed by atoms with van der Waals surface area (Å²) in [5.41, 5.74) is 1.03. The molecule has 0 bridgehead atoms. The Morgan fingerprint density at radius 2 is 2.38 bits per heavy atom. The van der Waals surface area contributed by atoms with Crippen LogP contribution in [0.15, 0.2) is 6.33 Å². The number of hydrogen-bond acceptors (Lipinski definition) is 5. The Kier molecular flexibility index (Phi) is 1.32. The number of ether oxygens (including phenoxy) is 1. The van der Waals surface area contributed by atoms with E-state index in [1.165, 1.54) is 6.33 Å². The summed E-state index contributed by atoms with van der Waals surface area (Å²) >= 11 is 0. The Balaban J connectivity index is 2.18. The molecule has 5 heteroatoms. The molecule has 0 atom stereocenters. The van der Waals surface area contributed by atoms with Crippen LogP contribution in [0, 0.1) is 0 Å². The first kappa shape index (κ1) is 6.94. The molecular weight excluding hydrogens is 168 g/mol. The third-order valence-electron chi connectivity index (χ3n) is 2.38. The minimum Gasteiger partial charge on any atom is -0.474 e. The molecule has 0 spiro atoms. The first-order valence-electron chi connectivity index (χ1n) is 4.42. The highest BCUT2D eigenvalue weighted by Gasteiger charge is 2.26. The third-order valence-corrected chi connectivity index (χ3v) is 2.38. The molecule has 0 aromatic carbocycles. The van der Waals surface area contributed by atoms with Gasteiger partial charge in [-0.3, -0.25) is 0 Å². The number of anilines is 2. The molecule has 0 radical (unpaired) electrons. The molecule has 1 N–H and O–H groups in total. The maximum Gasteiger partial charge on any atom is 0.243 e. The van der Waals surface area contributed by atoms with Gasteiger partial charge in [-0.2, -0.15) is 4.98 Å². The maximum absolute atomic E-state index is 5.44. The zero-order valence-electron chi connectivity index (χ0n) is 7.16. The molecule has 0 saturated carbocycles. The van der Waals surface area contributed by atoms with E-state index in [9.17, 15) is 0 Å². The van der Waals surface area contributed by atoms with Crippen molar-refractivity contribution in [3.05, 3.63) is 6.33 Å². The van der Waals surface area contributed by atoms with Gasteiger partial charge in [0, 0.05) is 13.1 Å². The van der Waals surface area contributed by atoms with Crippen LogP contribution in [0.2, 0.25) is 0 Å². The Hall–Kier alpha value is -1.52. The molecule has 0 saturated heterocycles. The van der Waals surface area contributed by atoms with Crippen LogP contribution in [0.25, 0.3) is 0 Å². The van der Waals surface area contributed by atoms with Gasteiger partial charge in [-0.25, -0.2) is 4.98 Å². The van der Waals surface area contributed by atoms with Gasteiger partial charge < -0.3 is 15.0 Å². The van der Waals surface area contributed by atoms with Crippen LogP contribution in [0.5, 0.6) is 5.88 Å². The predicted octanol–water partition coefficient (Wildman–Crippen LogP) is 0.101. The molecule has 1 aromatic rings. The van der Waals surface area contributed by atoms with Crippen LogP contribution in [-0.4, -0.2) is 36.2 Å². The van der Waals surface area contributed by atoms with E-state index in [1.807, 2.05) is 0 Å². The molecular formula is C8H10N4O. The van der Waals surface area contributed by atoms with Gasteiger partial charge in [-0.15, -0.1) is 0 Å². The highest BCUT2D eigenvalue weighted by atomic mass is 16.5. The molecule has 68 valence electrons. The van der Waals surface area contributed by atoms with E-state index in [-0.39, 0.29) is 0 Å². The molecule has 0 unspecified atom stereocenters. The van der Waals surface area contributed by atoms with Crippen LogP contribution in [0.3, 0.4) is 0 Å². The molecule has 13 heavy (non-hydrogen) atoms. The van der Waals surface area contributed by atoms with Gasteiger partial charge >= 0.3 is 0 Å². The molecule has 0 aliphatic carbocycles. The monoisotopic (exact) mass is 178 g/mol. The molecule has 2 aliphatic rings. The normalized spacial score (nSPS) is 18.6. The zero-order valence-corrected chi connectivity index (χ0v) is 7.16. The van der Waals surface area contributed by atoms with Crippen molar-refractivity contribution in [2.75, 3.05) is 36.5 Å². The second kappa shape index (κ2) is 2.48. The average molecular weight is 178 g/mol. The van der Waals surface area contributed by atoms with Gasteiger partial charge in [0.05, 0.1) is 6.54 Å². The predicted molar refractivity (Wildman–Crippen MR) is 48.2 cm³/mol. The lowest BCUT2D eigenvalue weighted by molar-refractivity contribution is 0.294. The quantitative estimate of drug-likeness (QED) is 0.610. The number of aromatic nitrogens is 2. The highest BCUT2D eigenvalue weighted by Crippen LogP contribution is 2.36. The van der Waals surface area contributed by atoms with Crippen LogP contribution in [0.4, 0.5) is 11.5 Å². The number of nitrogens with one attached hydrogen (secondary N) is 1. The second-order valence-electron chi connectivity index (χ2n) is 3.14. The van der Waals surface area contributed by atoms with Gasteiger partial charge in [0.25, 0.3) is 0 Å². The van der Waals surface area contributed by atoms with Crippen molar-refractivity contribution < 1.29 is 4.74 Å². The highest BCUT2D eigenvalue weighted by molar-refractivity contribution is 5.73. The summed E-state index contributed by atoms with van der Waals surface area (Å²) in [5, 5.41) is 3.23. The molecule has 2 aliphatic heterocycles. The van der Waals surface area contributed by atoms with Crippen molar-refractivity contribution in [3.8, 4) is 5.88 Å². The van der Waals surface area contributed by atoms with E-state index in [2.05, 4.69) is 20.2 Å². The fourth-order valence-electron chi connectivity index (χ4n) is 1.78. The van der Waals surface area contributed by atoms with E-state index >= 15 is 0 Å². The van der Waals surface area contributed by atoms with Gasteiger partial charge in [0.15, 0.2) is 5.82 Å². The first-order valence-corrected chi connectivity index (χ1v) is 4.42. The van der Waals surface area contributed by atoms with Crippen molar-refractivity contribution in [1.82, 2.24) is 9.97 Å². The Morgan fingerprint density at radius 1 is 1.38 bits per heavy atom. The van der Waals surface area contributed by atoms with Gasteiger partial charge in [-0.05, 0) is 0 Å². The molecule has 1 aromatic heterocycles. The summed E-state index contributed by atoms with van der Waals surface area (Å²) in [6.45, 7) is 3.62. The number of nitrogens with zero attached hydrogens (tertiary/aromatic N) is 3. The van der Waals surface area contributed by atoms with E-state index < -0.39 is 0 Å². The third kappa shape index (κ3) is 0.929. The standard InChI is InChI=1S/C8H10N4O/c1-2-12-3-4-13-8-6(12)7(9-1)10-5-11-8/h5H,1-4H2,(H,9,10,11). The summed E-state index contributed by atoms with van der Waals surface area (Å²) in [5.74, 6) is 1.61. The molecule has 0 fully saturated rings. The summed E-state index contributed by atoms with van der Waals surface area (Å²) in [7, 11) is 0. The lowest BCUT2D eigenvalue weighted by atomic mass is 10.2. The smallest absolute Gasteiger partial charge is 0.243 e. The number of rotatable bonds is 0. The summed E-state index contributed by atoms with van der Waals surface area (Å²) in [6, 6.07) is 0. The number of hydrogen-bond donors (Lipinski definition) is 1. The minimum absolute atomic E-state index is 0.712. The van der Waals surface area contributed by atoms with Crippen LogP contribution in [-0.2, 0) is 0 Å². The van der Waals surface area contributed by atoms with Crippen molar-refractivity contribution in [2.45, 2.75) is 0 Å². The molecule has 3 rings (SSSR count). The van der Waals surface area contributed by atoms with Gasteiger partial charge in [0.1, 0.15) is 18.6 Å². The van der Waals surface area contributed by atoms with Gasteiger partial charge in [-0.1, -0.05) is 0 Å². The van der Waals surface area contributed by atoms with Crippen LogP contribution in [0.1, 0.15) is 0 Å². The van der Waals surface area contributed by atoms with Crippen LogP contribution >= 0.6 is 0 Å². The lowest BCUT2D eigenvalue weighted by Crippen LogP contribution is -2.40. The van der Waals surface area contributed by atoms with Crippen molar-refractivity contribution in [1.29, 1.82) is 0 Å². The largest absolute Gasteiger partial charge is 0.474 e. The zero-order chi connectivity index (χ0) is 8.67. The van der Waals surface area contributed by atoms with Crippen molar-refractivity contribution in [2.24, 2.45) is 0 Å². The van der Waals surface area contributed by atoms with E-state index in [0.29, 0.717) is 5.88 Å². The van der Waals surface area contributed by atoms with Crippen molar-refractivity contribution >= 4 is 11.5 Å². The topological polar surface area (TPSA) is 50.3 Å². The van der Waals surface area contributed by atoms with E-state index in [0.717, 1.165) is 37.7 Å². The molecule has 0 amide bonds. The maximum atomic E-state index is 5.44. The fraction of sp³-hybridized carbons (Fsp3) is 0.500. The molecule has 5 nitrogen and oxygen atoms in total.